The number of nitrogens with zero attached hydrogens (tertiary/aromatic N) is 3. The number of anilines is 3. The average Bonchev–Trinajstić information content (AvgIpc) is 3.29. The molecule has 4 nitrogen and oxygen atoms in total. The minimum atomic E-state index is 0.159. The lowest BCUT2D eigenvalue weighted by Crippen LogP contribution is -2.48. The van der Waals surface area contributed by atoms with Crippen LogP contribution in [0.15, 0.2) is 71.6 Å². The highest BCUT2D eigenvalue weighted by atomic mass is 32.2. The molecule has 3 aromatic rings. The van der Waals surface area contributed by atoms with Crippen LogP contribution in [0.25, 0.3) is 0 Å². The van der Waals surface area contributed by atoms with Crippen LogP contribution in [0.3, 0.4) is 0 Å². The van der Waals surface area contributed by atoms with Gasteiger partial charge in [0.2, 0.25) is 0 Å². The number of fused-ring (bicyclic) bond motifs is 1. The number of thioether (sulfide) groups is 1. The zero-order chi connectivity index (χ0) is 20.5. The predicted octanol–water partition coefficient (Wildman–Crippen LogP) is 5.34. The normalized spacial score (nSPS) is 19.0. The van der Waals surface area contributed by atoms with Crippen molar-refractivity contribution in [1.29, 1.82) is 0 Å². The van der Waals surface area contributed by atoms with Gasteiger partial charge in [-0.3, -0.25) is 4.79 Å². The summed E-state index contributed by atoms with van der Waals surface area (Å²) < 4.78 is 0. The molecule has 30 heavy (non-hydrogen) atoms. The maximum absolute atomic E-state index is 13.1. The molecule has 2 aromatic carbocycles. The Morgan fingerprint density at radius 2 is 1.63 bits per heavy atom. The SMILES string of the molecule is CC1CN(c2ccc(C(=O)N3CCN(c4ccccc4)CC3)s2)c2ccccc2S1. The molecule has 1 aromatic heterocycles. The van der Waals surface area contributed by atoms with Gasteiger partial charge in [-0.05, 0) is 36.4 Å². The molecule has 1 atom stereocenters. The summed E-state index contributed by atoms with van der Waals surface area (Å²) in [7, 11) is 0. The number of rotatable bonds is 3. The summed E-state index contributed by atoms with van der Waals surface area (Å²) in [6, 6.07) is 23.1. The van der Waals surface area contributed by atoms with Gasteiger partial charge in [-0.15, -0.1) is 23.1 Å². The molecule has 0 saturated carbocycles. The molecule has 1 fully saturated rings. The van der Waals surface area contributed by atoms with Crippen LogP contribution in [-0.2, 0) is 0 Å². The van der Waals surface area contributed by atoms with Gasteiger partial charge in [-0.25, -0.2) is 0 Å². The number of hydrogen-bond donors (Lipinski definition) is 0. The second kappa shape index (κ2) is 8.36. The van der Waals surface area contributed by atoms with Crippen LogP contribution in [0.2, 0.25) is 0 Å². The fraction of sp³-hybridized carbons (Fsp3) is 0.292. The van der Waals surface area contributed by atoms with Crippen molar-refractivity contribution in [1.82, 2.24) is 4.90 Å². The smallest absolute Gasteiger partial charge is 0.264 e. The fourth-order valence-electron chi connectivity index (χ4n) is 4.15. The molecular formula is C24H25N3OS2. The third-order valence-corrected chi connectivity index (χ3v) is 7.93. The molecule has 1 unspecified atom stereocenters. The van der Waals surface area contributed by atoms with Crippen molar-refractivity contribution in [2.75, 3.05) is 42.5 Å². The Bertz CT molecular complexity index is 1030. The van der Waals surface area contributed by atoms with Crippen molar-refractivity contribution >= 4 is 45.4 Å². The quantitative estimate of drug-likeness (QED) is 0.555. The van der Waals surface area contributed by atoms with E-state index < -0.39 is 0 Å². The summed E-state index contributed by atoms with van der Waals surface area (Å²) in [4.78, 5) is 22.0. The number of hydrogen-bond acceptors (Lipinski definition) is 5. The van der Waals surface area contributed by atoms with Gasteiger partial charge in [0, 0.05) is 48.6 Å². The van der Waals surface area contributed by atoms with E-state index in [2.05, 4.69) is 71.3 Å². The Hall–Kier alpha value is -2.44. The number of benzene rings is 2. The Morgan fingerprint density at radius 3 is 2.43 bits per heavy atom. The van der Waals surface area contributed by atoms with E-state index in [1.807, 2.05) is 28.8 Å². The Balaban J connectivity index is 1.29. The minimum Gasteiger partial charge on any atom is -0.368 e. The maximum Gasteiger partial charge on any atom is 0.264 e. The van der Waals surface area contributed by atoms with Crippen LogP contribution in [0.4, 0.5) is 16.4 Å². The van der Waals surface area contributed by atoms with Crippen molar-refractivity contribution in [3.63, 3.8) is 0 Å². The fourth-order valence-corrected chi connectivity index (χ4v) is 6.26. The molecule has 5 rings (SSSR count). The van der Waals surface area contributed by atoms with Crippen LogP contribution in [-0.4, -0.2) is 48.8 Å². The average molecular weight is 436 g/mol. The second-order valence-corrected chi connectivity index (χ2v) is 10.3. The van der Waals surface area contributed by atoms with Crippen LogP contribution >= 0.6 is 23.1 Å². The van der Waals surface area contributed by atoms with Crippen molar-refractivity contribution < 1.29 is 4.79 Å². The second-order valence-electron chi connectivity index (χ2n) is 7.76. The molecule has 6 heteroatoms. The number of piperazine rings is 1. The molecule has 0 radical (unpaired) electrons. The van der Waals surface area contributed by atoms with Crippen molar-refractivity contribution in [2.24, 2.45) is 0 Å². The van der Waals surface area contributed by atoms with Crippen molar-refractivity contribution in [3.05, 3.63) is 71.6 Å². The number of carbonyl (C=O) groups is 1. The standard InChI is InChI=1S/C24H25N3OS2/c1-18-17-27(20-9-5-6-10-21(20)29-18)23-12-11-22(30-23)24(28)26-15-13-25(14-16-26)19-7-3-2-4-8-19/h2-12,18H,13-17H2,1H3. The summed E-state index contributed by atoms with van der Waals surface area (Å²) in [6.45, 7) is 6.51. The molecule has 0 N–H and O–H groups in total. The van der Waals surface area contributed by atoms with Crippen LogP contribution in [0.5, 0.6) is 0 Å². The van der Waals surface area contributed by atoms with Crippen molar-refractivity contribution in [2.45, 2.75) is 17.1 Å². The number of thiophene rings is 1. The highest BCUT2D eigenvalue weighted by Crippen LogP contribution is 2.43. The predicted molar refractivity (Wildman–Crippen MR) is 128 cm³/mol. The Labute approximate surface area is 186 Å². The number of para-hydroxylation sites is 2. The third kappa shape index (κ3) is 3.82. The highest BCUT2D eigenvalue weighted by molar-refractivity contribution is 8.00. The van der Waals surface area contributed by atoms with E-state index in [1.165, 1.54) is 16.3 Å². The van der Waals surface area contributed by atoms with Gasteiger partial charge >= 0.3 is 0 Å². The first-order chi connectivity index (χ1) is 14.7. The largest absolute Gasteiger partial charge is 0.368 e. The summed E-state index contributed by atoms with van der Waals surface area (Å²) in [5, 5.41) is 1.67. The molecule has 3 heterocycles. The summed E-state index contributed by atoms with van der Waals surface area (Å²) in [5.41, 5.74) is 2.48. The van der Waals surface area contributed by atoms with E-state index in [0.717, 1.165) is 42.6 Å². The summed E-state index contributed by atoms with van der Waals surface area (Å²) >= 11 is 3.54. The van der Waals surface area contributed by atoms with E-state index in [4.69, 9.17) is 0 Å². The van der Waals surface area contributed by atoms with Gasteiger partial charge < -0.3 is 14.7 Å². The van der Waals surface area contributed by atoms with Crippen molar-refractivity contribution in [3.8, 4) is 0 Å². The van der Waals surface area contributed by atoms with Gasteiger partial charge in [-0.1, -0.05) is 37.3 Å². The molecule has 2 aliphatic rings. The Morgan fingerprint density at radius 1 is 0.900 bits per heavy atom. The van der Waals surface area contributed by atoms with Gasteiger partial charge in [0.05, 0.1) is 15.6 Å². The summed E-state index contributed by atoms with van der Waals surface area (Å²) in [6.07, 6.45) is 0. The van der Waals surface area contributed by atoms with E-state index >= 15 is 0 Å². The van der Waals surface area contributed by atoms with Gasteiger partial charge in [0.15, 0.2) is 0 Å². The van der Waals surface area contributed by atoms with Gasteiger partial charge in [0.1, 0.15) is 0 Å². The lowest BCUT2D eigenvalue weighted by molar-refractivity contribution is 0.0751. The van der Waals surface area contributed by atoms with Crippen LogP contribution in [0.1, 0.15) is 16.6 Å². The lowest BCUT2D eigenvalue weighted by atomic mass is 10.2. The van der Waals surface area contributed by atoms with E-state index in [9.17, 15) is 4.79 Å². The highest BCUT2D eigenvalue weighted by Gasteiger charge is 2.27. The maximum atomic E-state index is 13.1. The monoisotopic (exact) mass is 435 g/mol. The summed E-state index contributed by atoms with van der Waals surface area (Å²) in [5.74, 6) is 0.159. The molecule has 1 amide bonds. The molecule has 0 bridgehead atoms. The number of amides is 1. The van der Waals surface area contributed by atoms with Gasteiger partial charge in [0.25, 0.3) is 5.91 Å². The molecule has 2 aliphatic heterocycles. The van der Waals surface area contributed by atoms with Crippen LogP contribution in [0, 0.1) is 0 Å². The van der Waals surface area contributed by atoms with E-state index in [-0.39, 0.29) is 5.91 Å². The van der Waals surface area contributed by atoms with E-state index in [0.29, 0.717) is 5.25 Å². The first-order valence-electron chi connectivity index (χ1n) is 10.4. The Kier molecular flexibility index (Phi) is 5.44. The minimum absolute atomic E-state index is 0.159. The molecular weight excluding hydrogens is 410 g/mol. The first-order valence-corrected chi connectivity index (χ1v) is 12.1. The molecule has 1 saturated heterocycles. The topological polar surface area (TPSA) is 26.8 Å². The lowest BCUT2D eigenvalue weighted by Gasteiger charge is -2.36. The van der Waals surface area contributed by atoms with E-state index in [1.54, 1.807) is 11.3 Å². The van der Waals surface area contributed by atoms with Crippen LogP contribution < -0.4 is 9.80 Å². The third-order valence-electron chi connectivity index (χ3n) is 5.68. The first kappa shape index (κ1) is 19.5. The molecule has 154 valence electrons. The zero-order valence-corrected chi connectivity index (χ0v) is 18.7. The molecule has 0 aliphatic carbocycles. The zero-order valence-electron chi connectivity index (χ0n) is 17.0. The number of carbonyl (C=O) groups excluding carboxylic acids is 1. The molecule has 0 spiro atoms. The van der Waals surface area contributed by atoms with Gasteiger partial charge in [-0.2, -0.15) is 0 Å².